The maximum absolute atomic E-state index is 6.68. The van der Waals surface area contributed by atoms with E-state index >= 15 is 0 Å². The molecule has 12 aromatic rings. The Bertz CT molecular complexity index is 3550. The minimum absolute atomic E-state index is 0.537. The maximum atomic E-state index is 6.68. The Hall–Kier alpha value is -7.63. The summed E-state index contributed by atoms with van der Waals surface area (Å²) in [5, 5.41) is 11.0. The fourth-order valence-electron chi connectivity index (χ4n) is 8.46. The first kappa shape index (κ1) is 30.8. The van der Waals surface area contributed by atoms with Gasteiger partial charge in [-0.2, -0.15) is 0 Å². The lowest BCUT2D eigenvalue weighted by atomic mass is 9.99. The summed E-state index contributed by atoms with van der Waals surface area (Å²) in [4.78, 5) is 15.8. The second-order valence-electron chi connectivity index (χ2n) is 14.3. The Labute approximate surface area is 320 Å². The highest BCUT2D eigenvalue weighted by atomic mass is 16.3. The Morgan fingerprint density at radius 2 is 0.929 bits per heavy atom. The summed E-state index contributed by atoms with van der Waals surface area (Å²) >= 11 is 0. The van der Waals surface area contributed by atoms with E-state index in [9.17, 15) is 0 Å². The molecule has 0 fully saturated rings. The van der Waals surface area contributed by atoms with E-state index in [1.165, 1.54) is 16.2 Å². The second-order valence-corrected chi connectivity index (χ2v) is 14.3. The third-order valence-corrected chi connectivity index (χ3v) is 11.1. The van der Waals surface area contributed by atoms with Gasteiger partial charge in [0.15, 0.2) is 17.5 Å². The zero-order valence-electron chi connectivity index (χ0n) is 29.9. The lowest BCUT2D eigenvalue weighted by molar-refractivity contribution is 0.669. The van der Waals surface area contributed by atoms with Crippen LogP contribution in [0.4, 0.5) is 0 Å². The van der Waals surface area contributed by atoms with Gasteiger partial charge in [-0.15, -0.1) is 0 Å². The fraction of sp³-hybridized carbons (Fsp3) is 0. The molecule has 0 saturated heterocycles. The van der Waals surface area contributed by atoms with E-state index in [-0.39, 0.29) is 0 Å². The normalized spacial score (nSPS) is 11.9. The van der Waals surface area contributed by atoms with Gasteiger partial charge in [0.2, 0.25) is 0 Å². The molecule has 0 aliphatic carbocycles. The predicted octanol–water partition coefficient (Wildman–Crippen LogP) is 13.8. The third-order valence-electron chi connectivity index (χ3n) is 11.1. The van der Waals surface area contributed by atoms with Gasteiger partial charge >= 0.3 is 0 Å². The average molecular weight is 716 g/mol. The van der Waals surface area contributed by atoms with E-state index in [1.807, 2.05) is 30.3 Å². The summed E-state index contributed by atoms with van der Waals surface area (Å²) in [7, 11) is 0. The first-order chi connectivity index (χ1) is 27.7. The van der Waals surface area contributed by atoms with Crippen molar-refractivity contribution in [2.24, 2.45) is 0 Å². The average Bonchev–Trinajstić information content (AvgIpc) is 3.85. The van der Waals surface area contributed by atoms with Gasteiger partial charge < -0.3 is 8.83 Å². The van der Waals surface area contributed by atoms with Crippen LogP contribution < -0.4 is 0 Å². The third kappa shape index (κ3) is 4.71. The monoisotopic (exact) mass is 715 g/mol. The molecule has 0 atom stereocenters. The van der Waals surface area contributed by atoms with Gasteiger partial charge in [0.25, 0.3) is 0 Å². The zero-order valence-corrected chi connectivity index (χ0v) is 29.9. The number of para-hydroxylation sites is 1. The van der Waals surface area contributed by atoms with Crippen LogP contribution in [0.25, 0.3) is 121 Å². The molecule has 0 aliphatic heterocycles. The van der Waals surface area contributed by atoms with Crippen LogP contribution in [0.3, 0.4) is 0 Å². The number of hydrogen-bond donors (Lipinski definition) is 0. The molecule has 3 aromatic heterocycles. The van der Waals surface area contributed by atoms with Gasteiger partial charge in [0.1, 0.15) is 22.3 Å². The van der Waals surface area contributed by atoms with Crippen LogP contribution in [0, 0.1) is 0 Å². The number of nitrogens with zero attached hydrogens (tertiary/aromatic N) is 3. The van der Waals surface area contributed by atoms with Crippen molar-refractivity contribution in [3.63, 3.8) is 0 Å². The largest absolute Gasteiger partial charge is 0.456 e. The van der Waals surface area contributed by atoms with Crippen molar-refractivity contribution in [1.82, 2.24) is 15.0 Å². The van der Waals surface area contributed by atoms with E-state index in [0.29, 0.717) is 17.5 Å². The first-order valence-corrected chi connectivity index (χ1v) is 18.8. The van der Waals surface area contributed by atoms with Crippen LogP contribution in [0.15, 0.2) is 185 Å². The van der Waals surface area contributed by atoms with E-state index in [2.05, 4.69) is 146 Å². The highest BCUT2D eigenvalue weighted by molar-refractivity contribution is 6.22. The molecule has 0 N–H and O–H groups in total. The van der Waals surface area contributed by atoms with Crippen molar-refractivity contribution in [2.75, 3.05) is 0 Å². The summed E-state index contributed by atoms with van der Waals surface area (Å²) in [5.41, 5.74) is 7.96. The molecule has 260 valence electrons. The van der Waals surface area contributed by atoms with Crippen molar-refractivity contribution in [1.29, 1.82) is 0 Å². The van der Waals surface area contributed by atoms with Crippen LogP contribution in [0.5, 0.6) is 0 Å². The molecule has 0 spiro atoms. The summed E-state index contributed by atoms with van der Waals surface area (Å²) in [6.45, 7) is 0. The second kappa shape index (κ2) is 11.9. The summed E-state index contributed by atoms with van der Waals surface area (Å²) in [6, 6.07) is 61.0. The molecule has 3 heterocycles. The fourth-order valence-corrected chi connectivity index (χ4v) is 8.46. The van der Waals surface area contributed by atoms with Crippen LogP contribution >= 0.6 is 0 Å². The molecule has 0 bridgehead atoms. The molecule has 0 aliphatic rings. The standard InChI is InChI=1S/C51H29N3O2/c1-2-11-30(12-3-1)32-23-26-40-45(29-32)55-44-20-10-18-41(46(40)44)50-52-49(35-24-25-37-34(27-35)22-21-31-13-4-6-15-36(31)37)53-51(54-50)42-28-33-14-5-7-16-38(33)47-39-17-8-9-19-43(39)56-48(42)47/h1-29H. The van der Waals surface area contributed by atoms with Crippen molar-refractivity contribution in [2.45, 2.75) is 0 Å². The van der Waals surface area contributed by atoms with Crippen LogP contribution in [0.1, 0.15) is 0 Å². The van der Waals surface area contributed by atoms with E-state index < -0.39 is 0 Å². The smallest absolute Gasteiger partial charge is 0.167 e. The Balaban J connectivity index is 1.13. The topological polar surface area (TPSA) is 65.0 Å². The SMILES string of the molecule is c1ccc(-c2ccc3c(c2)oc2cccc(-c4nc(-c5ccc6c(ccc7ccccc76)c5)nc(-c5cc6ccccc6c6c5oc5ccccc56)n4)c23)cc1. The molecule has 0 saturated carbocycles. The number of rotatable bonds is 4. The Morgan fingerprint density at radius 1 is 0.304 bits per heavy atom. The van der Waals surface area contributed by atoms with Gasteiger partial charge in [-0.05, 0) is 79.8 Å². The number of benzene rings is 9. The minimum Gasteiger partial charge on any atom is -0.456 e. The maximum Gasteiger partial charge on any atom is 0.167 e. The highest BCUT2D eigenvalue weighted by Crippen LogP contribution is 2.42. The number of furan rings is 2. The van der Waals surface area contributed by atoms with Gasteiger partial charge in [0.05, 0.1) is 5.56 Å². The van der Waals surface area contributed by atoms with Crippen molar-refractivity contribution < 1.29 is 8.83 Å². The molecule has 12 rings (SSSR count). The molecular formula is C51H29N3O2. The number of fused-ring (bicyclic) bond motifs is 11. The summed E-state index contributed by atoms with van der Waals surface area (Å²) in [6.07, 6.45) is 0. The highest BCUT2D eigenvalue weighted by Gasteiger charge is 2.22. The number of hydrogen-bond acceptors (Lipinski definition) is 5. The quantitative estimate of drug-likeness (QED) is 0.170. The van der Waals surface area contributed by atoms with Crippen LogP contribution in [-0.2, 0) is 0 Å². The molecule has 9 aromatic carbocycles. The van der Waals surface area contributed by atoms with Gasteiger partial charge in [0, 0.05) is 32.7 Å². The van der Waals surface area contributed by atoms with Crippen LogP contribution in [0.2, 0.25) is 0 Å². The molecule has 0 amide bonds. The van der Waals surface area contributed by atoms with Crippen molar-refractivity contribution >= 4 is 76.2 Å². The van der Waals surface area contributed by atoms with Gasteiger partial charge in [-0.3, -0.25) is 0 Å². The van der Waals surface area contributed by atoms with Gasteiger partial charge in [-0.1, -0.05) is 140 Å². The number of aromatic nitrogens is 3. The van der Waals surface area contributed by atoms with E-state index in [0.717, 1.165) is 87.9 Å². The van der Waals surface area contributed by atoms with E-state index in [4.69, 9.17) is 23.8 Å². The predicted molar refractivity (Wildman–Crippen MR) is 229 cm³/mol. The molecule has 56 heavy (non-hydrogen) atoms. The minimum atomic E-state index is 0.537. The molecule has 5 nitrogen and oxygen atoms in total. The lowest BCUT2D eigenvalue weighted by Crippen LogP contribution is -2.01. The zero-order chi connectivity index (χ0) is 36.7. The van der Waals surface area contributed by atoms with E-state index in [1.54, 1.807) is 0 Å². The first-order valence-electron chi connectivity index (χ1n) is 18.8. The van der Waals surface area contributed by atoms with Crippen molar-refractivity contribution in [3.8, 4) is 45.3 Å². The molecular weight excluding hydrogens is 687 g/mol. The Kier molecular flexibility index (Phi) is 6.56. The molecule has 0 radical (unpaired) electrons. The van der Waals surface area contributed by atoms with Crippen molar-refractivity contribution in [3.05, 3.63) is 176 Å². The van der Waals surface area contributed by atoms with Crippen LogP contribution in [-0.4, -0.2) is 15.0 Å². The molecule has 0 unspecified atom stereocenters. The molecule has 5 heteroatoms. The summed E-state index contributed by atoms with van der Waals surface area (Å²) in [5.74, 6) is 1.67. The lowest BCUT2D eigenvalue weighted by Gasteiger charge is -2.11. The Morgan fingerprint density at radius 3 is 1.82 bits per heavy atom. The summed E-state index contributed by atoms with van der Waals surface area (Å²) < 4.78 is 13.2. The van der Waals surface area contributed by atoms with Gasteiger partial charge in [-0.25, -0.2) is 15.0 Å².